The molecule has 0 aromatic heterocycles. The molecule has 0 saturated carbocycles. The van der Waals surface area contributed by atoms with Crippen molar-refractivity contribution in [1.82, 2.24) is 15.1 Å². The van der Waals surface area contributed by atoms with Crippen LogP contribution < -0.4 is 26.0 Å². The second-order valence-corrected chi connectivity index (χ2v) is 9.39. The summed E-state index contributed by atoms with van der Waals surface area (Å²) >= 11 is 0. The summed E-state index contributed by atoms with van der Waals surface area (Å²) in [5.41, 5.74) is 0.417. The van der Waals surface area contributed by atoms with E-state index in [-0.39, 0.29) is 23.5 Å². The van der Waals surface area contributed by atoms with Crippen molar-refractivity contribution < 1.29 is 32.3 Å². The van der Waals surface area contributed by atoms with Crippen LogP contribution in [0.15, 0.2) is 71.9 Å². The Morgan fingerprint density at radius 1 is 1.07 bits per heavy atom. The Bertz CT molecular complexity index is 1430. The van der Waals surface area contributed by atoms with Crippen LogP contribution in [0.4, 0.5) is 30.2 Å². The summed E-state index contributed by atoms with van der Waals surface area (Å²) in [4.78, 5) is 43.5. The number of benzene rings is 2. The third-order valence-corrected chi connectivity index (χ3v) is 6.59. The summed E-state index contributed by atoms with van der Waals surface area (Å²) in [5, 5.41) is 11.0. The van der Waals surface area contributed by atoms with Crippen LogP contribution in [0.25, 0.3) is 0 Å². The quantitative estimate of drug-likeness (QED) is 0.367. The third-order valence-electron chi connectivity index (χ3n) is 6.59. The van der Waals surface area contributed by atoms with Crippen LogP contribution in [-0.2, 0) is 9.59 Å². The van der Waals surface area contributed by atoms with Gasteiger partial charge >= 0.3 is 6.18 Å². The van der Waals surface area contributed by atoms with Gasteiger partial charge in [-0.2, -0.15) is 13.2 Å². The number of aliphatic imine (C=N–C) groups is 1. The summed E-state index contributed by atoms with van der Waals surface area (Å²) in [5.74, 6) is -0.471. The van der Waals surface area contributed by atoms with Gasteiger partial charge < -0.3 is 35.8 Å². The number of methoxy groups -OCH3 is 1. The van der Waals surface area contributed by atoms with E-state index >= 15 is 0 Å². The van der Waals surface area contributed by atoms with Gasteiger partial charge in [-0.3, -0.25) is 14.4 Å². The lowest BCUT2D eigenvalue weighted by Crippen LogP contribution is -2.50. The van der Waals surface area contributed by atoms with Gasteiger partial charge in [0.1, 0.15) is 11.9 Å². The number of alkyl halides is 3. The maximum atomic E-state index is 13.8. The fourth-order valence-electron chi connectivity index (χ4n) is 4.39. The summed E-state index contributed by atoms with van der Waals surface area (Å²) < 4.78 is 46.9. The van der Waals surface area contributed by atoms with Gasteiger partial charge in [0.15, 0.2) is 0 Å². The first-order valence-electron chi connectivity index (χ1n) is 12.9. The van der Waals surface area contributed by atoms with E-state index in [0.29, 0.717) is 55.0 Å². The summed E-state index contributed by atoms with van der Waals surface area (Å²) in [6.07, 6.45) is -4.33. The van der Waals surface area contributed by atoms with Crippen LogP contribution in [-0.4, -0.2) is 79.1 Å². The highest BCUT2D eigenvalue weighted by molar-refractivity contribution is 6.00. The third kappa shape index (κ3) is 7.19. The Balaban J connectivity index is 1.49. The van der Waals surface area contributed by atoms with E-state index in [1.54, 1.807) is 40.1 Å². The zero-order valence-corrected chi connectivity index (χ0v) is 22.9. The Labute approximate surface area is 240 Å². The van der Waals surface area contributed by atoms with Gasteiger partial charge in [0.05, 0.1) is 18.4 Å². The highest BCUT2D eigenvalue weighted by Gasteiger charge is 2.41. The van der Waals surface area contributed by atoms with Gasteiger partial charge in [0, 0.05) is 56.2 Å². The van der Waals surface area contributed by atoms with Crippen molar-refractivity contribution in [2.24, 2.45) is 4.99 Å². The maximum Gasteiger partial charge on any atom is 0.417 e. The van der Waals surface area contributed by atoms with Gasteiger partial charge in [0.2, 0.25) is 17.8 Å². The Morgan fingerprint density at radius 2 is 1.76 bits per heavy atom. The predicted octanol–water partition coefficient (Wildman–Crippen LogP) is 3.38. The standard InChI is InChI=1S/C28H30F3N7O4/c1-4-24(40)33-19-6-5-7-20(15-19)34-25-21(28(29,30)31)16-32-27(36-25)35-22-9-8-18(14-23(22)42-3)26(41)38-12-10-37(11-13-38)17(2)39/h4-9,14-16,25,34H,1,10-13H2,2-3H3,(H,33,40)(H2,32,35,36)/t25-/m0/s1. The van der Waals surface area contributed by atoms with E-state index < -0.39 is 23.8 Å². The summed E-state index contributed by atoms with van der Waals surface area (Å²) in [6, 6.07) is 10.9. The molecule has 11 nitrogen and oxygen atoms in total. The molecule has 0 unspecified atom stereocenters. The molecule has 14 heteroatoms. The summed E-state index contributed by atoms with van der Waals surface area (Å²) in [6.45, 7) is 6.55. The second kappa shape index (κ2) is 12.7. The molecule has 222 valence electrons. The van der Waals surface area contributed by atoms with Gasteiger partial charge in [0.25, 0.3) is 5.91 Å². The van der Waals surface area contributed by atoms with Gasteiger partial charge in [-0.05, 0) is 42.5 Å². The zero-order chi connectivity index (χ0) is 30.4. The predicted molar refractivity (Wildman–Crippen MR) is 152 cm³/mol. The largest absolute Gasteiger partial charge is 0.495 e. The Hall–Kier alpha value is -5.01. The van der Waals surface area contributed by atoms with Gasteiger partial charge in [-0.25, -0.2) is 4.99 Å². The number of hydrogen-bond donors (Lipinski definition) is 4. The number of carbonyl (C=O) groups excluding carboxylic acids is 3. The van der Waals surface area contributed by atoms with Crippen LogP contribution in [0.3, 0.4) is 0 Å². The summed E-state index contributed by atoms with van der Waals surface area (Å²) in [7, 11) is 1.40. The van der Waals surface area contributed by atoms with Crippen LogP contribution >= 0.6 is 0 Å². The van der Waals surface area contributed by atoms with Crippen molar-refractivity contribution in [3.8, 4) is 5.75 Å². The normalized spacial score (nSPS) is 16.8. The minimum Gasteiger partial charge on any atom is -0.495 e. The highest BCUT2D eigenvalue weighted by Crippen LogP contribution is 2.32. The van der Waals surface area contributed by atoms with Crippen LogP contribution in [0.1, 0.15) is 17.3 Å². The van der Waals surface area contributed by atoms with Crippen molar-refractivity contribution >= 4 is 40.7 Å². The molecule has 0 bridgehead atoms. The van der Waals surface area contributed by atoms with Crippen LogP contribution in [0.5, 0.6) is 5.75 Å². The first-order valence-corrected chi connectivity index (χ1v) is 12.9. The average molecular weight is 586 g/mol. The number of nitrogens with one attached hydrogen (secondary N) is 4. The first-order chi connectivity index (χ1) is 20.0. The molecule has 0 aliphatic carbocycles. The van der Waals surface area contributed by atoms with Crippen LogP contribution in [0, 0.1) is 0 Å². The molecule has 42 heavy (non-hydrogen) atoms. The molecular weight excluding hydrogens is 555 g/mol. The second-order valence-electron chi connectivity index (χ2n) is 9.39. The lowest BCUT2D eigenvalue weighted by atomic mass is 10.1. The highest BCUT2D eigenvalue weighted by atomic mass is 19.4. The number of amides is 3. The average Bonchev–Trinajstić information content (AvgIpc) is 2.96. The van der Waals surface area contributed by atoms with Crippen molar-refractivity contribution in [3.63, 3.8) is 0 Å². The molecule has 2 heterocycles. The number of halogens is 3. The van der Waals surface area contributed by atoms with E-state index in [0.717, 1.165) is 6.08 Å². The van der Waals surface area contributed by atoms with E-state index in [4.69, 9.17) is 4.74 Å². The molecule has 3 amide bonds. The topological polar surface area (TPSA) is 127 Å². The lowest BCUT2D eigenvalue weighted by molar-refractivity contribution is -0.130. The monoisotopic (exact) mass is 585 g/mol. The van der Waals surface area contributed by atoms with Crippen molar-refractivity contribution in [1.29, 1.82) is 0 Å². The lowest BCUT2D eigenvalue weighted by Gasteiger charge is -2.34. The minimum atomic E-state index is -4.69. The molecular formula is C28H30F3N7O4. The number of guanidine groups is 1. The molecule has 1 atom stereocenters. The molecule has 4 N–H and O–H groups in total. The number of piperazine rings is 1. The molecule has 1 fully saturated rings. The van der Waals surface area contributed by atoms with Gasteiger partial charge in [-0.1, -0.05) is 12.6 Å². The molecule has 2 aliphatic rings. The number of anilines is 3. The molecule has 2 aliphatic heterocycles. The first kappa shape index (κ1) is 30.0. The van der Waals surface area contributed by atoms with Crippen LogP contribution in [0.2, 0.25) is 0 Å². The van der Waals surface area contributed by atoms with E-state index in [2.05, 4.69) is 32.8 Å². The fraction of sp³-hybridized carbons (Fsp3) is 0.286. The Kier molecular flexibility index (Phi) is 9.03. The number of ether oxygens (including phenoxy) is 1. The fourth-order valence-corrected chi connectivity index (χ4v) is 4.39. The molecule has 0 radical (unpaired) electrons. The molecule has 4 rings (SSSR count). The molecule has 1 saturated heterocycles. The number of hydrogen-bond acceptors (Lipinski definition) is 8. The number of carbonyl (C=O) groups is 3. The number of rotatable bonds is 7. The minimum absolute atomic E-state index is 0.00524. The molecule has 0 spiro atoms. The van der Waals surface area contributed by atoms with Gasteiger partial charge in [-0.15, -0.1) is 0 Å². The zero-order valence-electron chi connectivity index (χ0n) is 22.9. The van der Waals surface area contributed by atoms with Crippen molar-refractivity contribution in [2.75, 3.05) is 49.2 Å². The number of nitrogens with zero attached hydrogens (tertiary/aromatic N) is 3. The molecule has 2 aromatic carbocycles. The van der Waals surface area contributed by atoms with E-state index in [1.807, 2.05) is 0 Å². The SMILES string of the molecule is C=CC(=O)Nc1cccc(N[C@H]2NC(Nc3ccc(C(=O)N4CCN(C(C)=O)CC4)cc3OC)=NC=C2C(F)(F)F)c1. The maximum absolute atomic E-state index is 13.8. The molecule has 2 aromatic rings. The van der Waals surface area contributed by atoms with Crippen molar-refractivity contribution in [3.05, 3.63) is 72.5 Å². The Morgan fingerprint density at radius 3 is 2.40 bits per heavy atom. The van der Waals surface area contributed by atoms with Crippen molar-refractivity contribution in [2.45, 2.75) is 19.3 Å². The smallest absolute Gasteiger partial charge is 0.417 e. The van der Waals surface area contributed by atoms with E-state index in [1.165, 1.54) is 26.2 Å². The van der Waals surface area contributed by atoms with E-state index in [9.17, 15) is 27.6 Å².